The number of hydrogen-bond donors (Lipinski definition) is 2. The Morgan fingerprint density at radius 2 is 2.23 bits per heavy atom. The van der Waals surface area contributed by atoms with Crippen molar-refractivity contribution in [3.8, 4) is 17.6 Å². The molecule has 0 atom stereocenters. The first-order valence-electron chi connectivity index (χ1n) is 3.70. The maximum absolute atomic E-state index is 10.3. The van der Waals surface area contributed by atoms with Crippen molar-refractivity contribution in [1.29, 1.82) is 0 Å². The SMILES string of the molecule is Cc1ccc(O)c(C#CC(N)=O)c1. The van der Waals surface area contributed by atoms with Gasteiger partial charge < -0.3 is 10.8 Å². The van der Waals surface area contributed by atoms with Crippen molar-refractivity contribution in [3.63, 3.8) is 0 Å². The molecule has 0 aliphatic rings. The molecule has 0 aliphatic heterocycles. The Bertz CT molecular complexity index is 399. The third-order valence-electron chi connectivity index (χ3n) is 1.47. The van der Waals surface area contributed by atoms with Gasteiger partial charge in [-0.1, -0.05) is 12.0 Å². The van der Waals surface area contributed by atoms with Gasteiger partial charge in [-0.25, -0.2) is 0 Å². The third-order valence-corrected chi connectivity index (χ3v) is 1.47. The molecule has 3 N–H and O–H groups in total. The van der Waals surface area contributed by atoms with E-state index in [1.165, 1.54) is 6.07 Å². The van der Waals surface area contributed by atoms with Crippen LogP contribution in [-0.2, 0) is 4.79 Å². The lowest BCUT2D eigenvalue weighted by Gasteiger charge is -1.96. The highest BCUT2D eigenvalue weighted by atomic mass is 16.3. The Morgan fingerprint density at radius 3 is 2.85 bits per heavy atom. The molecule has 0 fully saturated rings. The molecule has 0 saturated carbocycles. The van der Waals surface area contributed by atoms with E-state index in [0.29, 0.717) is 5.56 Å². The van der Waals surface area contributed by atoms with Crippen molar-refractivity contribution >= 4 is 5.91 Å². The van der Waals surface area contributed by atoms with E-state index >= 15 is 0 Å². The molecule has 13 heavy (non-hydrogen) atoms. The summed E-state index contributed by atoms with van der Waals surface area (Å²) < 4.78 is 0. The molecule has 66 valence electrons. The minimum Gasteiger partial charge on any atom is -0.507 e. The average Bonchev–Trinajstić information content (AvgIpc) is 2.06. The number of nitrogens with two attached hydrogens (primary N) is 1. The Balaban J connectivity index is 3.09. The third kappa shape index (κ3) is 2.53. The van der Waals surface area contributed by atoms with Gasteiger partial charge in [0.25, 0.3) is 5.91 Å². The number of carbonyl (C=O) groups excluding carboxylic acids is 1. The predicted octanol–water partition coefficient (Wildman–Crippen LogP) is 0.537. The van der Waals surface area contributed by atoms with Crippen molar-refractivity contribution in [2.24, 2.45) is 5.73 Å². The number of aryl methyl sites for hydroxylation is 1. The number of aromatic hydroxyl groups is 1. The number of hydrogen-bond acceptors (Lipinski definition) is 2. The van der Waals surface area contributed by atoms with E-state index < -0.39 is 5.91 Å². The lowest BCUT2D eigenvalue weighted by atomic mass is 10.1. The van der Waals surface area contributed by atoms with Crippen molar-refractivity contribution in [2.75, 3.05) is 0 Å². The maximum Gasteiger partial charge on any atom is 0.293 e. The molecule has 0 aromatic heterocycles. The summed E-state index contributed by atoms with van der Waals surface area (Å²) in [5, 5.41) is 9.29. The van der Waals surface area contributed by atoms with Crippen LogP contribution in [0.2, 0.25) is 0 Å². The van der Waals surface area contributed by atoms with Crippen LogP contribution in [0.15, 0.2) is 18.2 Å². The van der Waals surface area contributed by atoms with Crippen LogP contribution in [0.3, 0.4) is 0 Å². The second-order valence-electron chi connectivity index (χ2n) is 2.63. The maximum atomic E-state index is 10.3. The molecule has 0 unspecified atom stereocenters. The fourth-order valence-electron chi connectivity index (χ4n) is 0.879. The second-order valence-corrected chi connectivity index (χ2v) is 2.63. The van der Waals surface area contributed by atoms with Gasteiger partial charge in [-0.2, -0.15) is 0 Å². The van der Waals surface area contributed by atoms with Crippen LogP contribution in [0.25, 0.3) is 0 Å². The Hall–Kier alpha value is -1.95. The predicted molar refractivity (Wildman–Crippen MR) is 48.9 cm³/mol. The summed E-state index contributed by atoms with van der Waals surface area (Å²) in [6, 6.07) is 4.97. The molecule has 0 bridgehead atoms. The molecular formula is C10H9NO2. The Kier molecular flexibility index (Phi) is 2.56. The van der Waals surface area contributed by atoms with E-state index in [0.717, 1.165) is 5.56 Å². The minimum absolute atomic E-state index is 0.0550. The van der Waals surface area contributed by atoms with Gasteiger partial charge in [-0.3, -0.25) is 4.79 Å². The topological polar surface area (TPSA) is 63.3 Å². The summed E-state index contributed by atoms with van der Waals surface area (Å²) in [5.41, 5.74) is 6.21. The number of carbonyl (C=O) groups is 1. The summed E-state index contributed by atoms with van der Waals surface area (Å²) in [6.07, 6.45) is 0. The highest BCUT2D eigenvalue weighted by molar-refractivity contribution is 5.92. The van der Waals surface area contributed by atoms with Gasteiger partial charge in [0.1, 0.15) is 5.75 Å². The average molecular weight is 175 g/mol. The number of rotatable bonds is 0. The van der Waals surface area contributed by atoms with E-state index in [9.17, 15) is 9.90 Å². The van der Waals surface area contributed by atoms with Crippen LogP contribution in [0.4, 0.5) is 0 Å². The molecule has 3 nitrogen and oxygen atoms in total. The largest absolute Gasteiger partial charge is 0.507 e. The molecule has 0 aliphatic carbocycles. The molecular weight excluding hydrogens is 166 g/mol. The van der Waals surface area contributed by atoms with Crippen LogP contribution in [0.5, 0.6) is 5.75 Å². The zero-order valence-corrected chi connectivity index (χ0v) is 7.16. The smallest absolute Gasteiger partial charge is 0.293 e. The first-order chi connectivity index (χ1) is 6.09. The molecule has 1 amide bonds. The van der Waals surface area contributed by atoms with Crippen molar-refractivity contribution in [1.82, 2.24) is 0 Å². The number of phenolic OH excluding ortho intramolecular Hbond substituents is 1. The first-order valence-corrected chi connectivity index (χ1v) is 3.70. The number of phenols is 1. The minimum atomic E-state index is -0.707. The summed E-state index contributed by atoms with van der Waals surface area (Å²) in [4.78, 5) is 10.3. The Morgan fingerprint density at radius 1 is 1.54 bits per heavy atom. The Labute approximate surface area is 76.2 Å². The first kappa shape index (κ1) is 9.14. The lowest BCUT2D eigenvalue weighted by molar-refractivity contribution is -0.112. The van der Waals surface area contributed by atoms with E-state index in [1.807, 2.05) is 6.92 Å². The van der Waals surface area contributed by atoms with Crippen LogP contribution in [0, 0.1) is 18.8 Å². The monoisotopic (exact) mass is 175 g/mol. The summed E-state index contributed by atoms with van der Waals surface area (Å²) in [6.45, 7) is 1.87. The van der Waals surface area contributed by atoms with Crippen LogP contribution >= 0.6 is 0 Å². The van der Waals surface area contributed by atoms with E-state index in [1.54, 1.807) is 12.1 Å². The molecule has 0 saturated heterocycles. The molecule has 1 rings (SSSR count). The lowest BCUT2D eigenvalue weighted by Crippen LogP contribution is -2.06. The standard InChI is InChI=1S/C10H9NO2/c1-7-2-4-9(12)8(6-7)3-5-10(11)13/h2,4,6,12H,1H3,(H2,11,13). The van der Waals surface area contributed by atoms with Gasteiger partial charge in [-0.15, -0.1) is 0 Å². The molecule has 1 aromatic rings. The van der Waals surface area contributed by atoms with Crippen molar-refractivity contribution < 1.29 is 9.90 Å². The summed E-state index contributed by atoms with van der Waals surface area (Å²) in [7, 11) is 0. The van der Waals surface area contributed by atoms with Gasteiger partial charge in [0.05, 0.1) is 5.56 Å². The molecule has 0 radical (unpaired) electrons. The normalized spacial score (nSPS) is 8.69. The van der Waals surface area contributed by atoms with Crippen LogP contribution in [0.1, 0.15) is 11.1 Å². The fourth-order valence-corrected chi connectivity index (χ4v) is 0.879. The van der Waals surface area contributed by atoms with Gasteiger partial charge >= 0.3 is 0 Å². The zero-order chi connectivity index (χ0) is 9.84. The number of primary amides is 1. The zero-order valence-electron chi connectivity index (χ0n) is 7.16. The van der Waals surface area contributed by atoms with E-state index in [2.05, 4.69) is 11.8 Å². The van der Waals surface area contributed by atoms with E-state index in [-0.39, 0.29) is 5.75 Å². The number of benzene rings is 1. The molecule has 0 heterocycles. The van der Waals surface area contributed by atoms with Crippen LogP contribution < -0.4 is 5.73 Å². The van der Waals surface area contributed by atoms with Gasteiger partial charge in [0.2, 0.25) is 0 Å². The molecule has 0 spiro atoms. The number of amides is 1. The van der Waals surface area contributed by atoms with Gasteiger partial charge in [0, 0.05) is 5.92 Å². The highest BCUT2D eigenvalue weighted by Crippen LogP contribution is 2.16. The molecule has 1 aromatic carbocycles. The summed E-state index contributed by atoms with van der Waals surface area (Å²) >= 11 is 0. The highest BCUT2D eigenvalue weighted by Gasteiger charge is 1.96. The van der Waals surface area contributed by atoms with E-state index in [4.69, 9.17) is 5.73 Å². The second kappa shape index (κ2) is 3.63. The van der Waals surface area contributed by atoms with Crippen molar-refractivity contribution in [2.45, 2.75) is 6.92 Å². The molecule has 3 heteroatoms. The summed E-state index contributed by atoms with van der Waals surface area (Å²) in [5.74, 6) is 3.98. The van der Waals surface area contributed by atoms with Gasteiger partial charge in [0.15, 0.2) is 0 Å². The fraction of sp³-hybridized carbons (Fsp3) is 0.100. The van der Waals surface area contributed by atoms with Crippen LogP contribution in [-0.4, -0.2) is 11.0 Å². The van der Waals surface area contributed by atoms with Crippen molar-refractivity contribution in [3.05, 3.63) is 29.3 Å². The quantitative estimate of drug-likeness (QED) is 0.565. The van der Waals surface area contributed by atoms with Gasteiger partial charge in [-0.05, 0) is 24.6 Å².